The molecule has 1 aliphatic heterocycles. The fraction of sp³-hybridized carbons (Fsp3) is 1.00. The molecule has 0 spiro atoms. The molecule has 0 aliphatic carbocycles. The van der Waals surface area contributed by atoms with E-state index >= 15 is 0 Å². The van der Waals surface area contributed by atoms with E-state index in [2.05, 4.69) is 35.5 Å². The smallest absolute Gasteiger partial charge is 0.0110 e. The summed E-state index contributed by atoms with van der Waals surface area (Å²) in [6, 6.07) is 0. The molecule has 0 unspecified atom stereocenters. The van der Waals surface area contributed by atoms with Crippen molar-refractivity contribution in [2.24, 2.45) is 0 Å². The van der Waals surface area contributed by atoms with Gasteiger partial charge in [-0.2, -0.15) is 0 Å². The summed E-state index contributed by atoms with van der Waals surface area (Å²) in [4.78, 5) is 7.91. The van der Waals surface area contributed by atoms with Crippen LogP contribution in [0.15, 0.2) is 0 Å². The maximum absolute atomic E-state index is 2.65. The van der Waals surface area contributed by atoms with Crippen molar-refractivity contribution >= 4 is 0 Å². The van der Waals surface area contributed by atoms with Gasteiger partial charge in [0.2, 0.25) is 0 Å². The van der Waals surface area contributed by atoms with Gasteiger partial charge in [0.05, 0.1) is 0 Å². The summed E-state index contributed by atoms with van der Waals surface area (Å²) < 4.78 is 0. The highest BCUT2D eigenvalue weighted by molar-refractivity contribution is 4.69. The molecule has 0 aromatic heterocycles. The highest BCUT2D eigenvalue weighted by Gasteiger charge is 2.12. The van der Waals surface area contributed by atoms with E-state index in [4.69, 9.17) is 0 Å². The molecule has 1 saturated heterocycles. The second-order valence-corrected chi connectivity index (χ2v) is 5.47. The third-order valence-corrected chi connectivity index (χ3v) is 3.94. The molecule has 1 rings (SSSR count). The summed E-state index contributed by atoms with van der Waals surface area (Å²) in [5, 5.41) is 0. The minimum Gasteiger partial charge on any atom is -0.302 e. The molecule has 3 nitrogen and oxygen atoms in total. The first kappa shape index (κ1) is 15.9. The third kappa shape index (κ3) is 6.17. The van der Waals surface area contributed by atoms with Gasteiger partial charge in [0.15, 0.2) is 0 Å². The number of hydrogen-bond donors (Lipinski definition) is 0. The Labute approximate surface area is 114 Å². The molecule has 0 atom stereocenters. The zero-order valence-electron chi connectivity index (χ0n) is 12.8. The van der Waals surface area contributed by atoms with E-state index < -0.39 is 0 Å². The summed E-state index contributed by atoms with van der Waals surface area (Å²) in [5.41, 5.74) is 0. The summed E-state index contributed by atoms with van der Waals surface area (Å²) in [7, 11) is 0. The summed E-state index contributed by atoms with van der Waals surface area (Å²) in [6.45, 7) is 18.2. The molecule has 3 heteroatoms. The maximum atomic E-state index is 2.65. The standard InChI is InChI=1S/C15H33N3/c1-4-8-17-10-7-11-18(9-5-2)15-13-16(6-3)12-14-17/h4-15H2,1-3H3. The fourth-order valence-corrected chi connectivity index (χ4v) is 2.81. The Morgan fingerprint density at radius 2 is 1.06 bits per heavy atom. The number of rotatable bonds is 5. The van der Waals surface area contributed by atoms with Gasteiger partial charge in [-0.15, -0.1) is 0 Å². The van der Waals surface area contributed by atoms with E-state index in [9.17, 15) is 0 Å². The number of hydrogen-bond acceptors (Lipinski definition) is 3. The zero-order valence-corrected chi connectivity index (χ0v) is 12.8. The van der Waals surface area contributed by atoms with E-state index in [-0.39, 0.29) is 0 Å². The Hall–Kier alpha value is -0.120. The van der Waals surface area contributed by atoms with Gasteiger partial charge in [-0.05, 0) is 52.0 Å². The molecule has 0 saturated carbocycles. The van der Waals surface area contributed by atoms with Crippen molar-refractivity contribution in [2.75, 3.05) is 58.9 Å². The predicted molar refractivity (Wildman–Crippen MR) is 80.2 cm³/mol. The normalized spacial score (nSPS) is 22.2. The lowest BCUT2D eigenvalue weighted by Gasteiger charge is -2.32. The first-order valence-corrected chi connectivity index (χ1v) is 7.97. The van der Waals surface area contributed by atoms with Crippen LogP contribution in [0.5, 0.6) is 0 Å². The van der Waals surface area contributed by atoms with Gasteiger partial charge in [0.25, 0.3) is 0 Å². The predicted octanol–water partition coefficient (Wildman–Crippen LogP) is 2.14. The summed E-state index contributed by atoms with van der Waals surface area (Å²) in [5.74, 6) is 0. The molecule has 0 radical (unpaired) electrons. The van der Waals surface area contributed by atoms with Gasteiger partial charge in [0.1, 0.15) is 0 Å². The third-order valence-electron chi connectivity index (χ3n) is 3.94. The van der Waals surface area contributed by atoms with E-state index in [1.165, 1.54) is 78.2 Å². The second kappa shape index (κ2) is 9.76. The van der Waals surface area contributed by atoms with Crippen LogP contribution in [0, 0.1) is 0 Å². The molecule has 0 amide bonds. The van der Waals surface area contributed by atoms with Gasteiger partial charge in [-0.3, -0.25) is 0 Å². The highest BCUT2D eigenvalue weighted by atomic mass is 15.2. The van der Waals surface area contributed by atoms with Crippen molar-refractivity contribution in [1.82, 2.24) is 14.7 Å². The van der Waals surface area contributed by atoms with Crippen molar-refractivity contribution in [3.63, 3.8) is 0 Å². The molecule has 0 N–H and O–H groups in total. The maximum Gasteiger partial charge on any atom is 0.0110 e. The van der Waals surface area contributed by atoms with Crippen molar-refractivity contribution in [3.8, 4) is 0 Å². The monoisotopic (exact) mass is 255 g/mol. The van der Waals surface area contributed by atoms with Crippen LogP contribution >= 0.6 is 0 Å². The highest BCUT2D eigenvalue weighted by Crippen LogP contribution is 2.03. The van der Waals surface area contributed by atoms with Crippen molar-refractivity contribution in [1.29, 1.82) is 0 Å². The molecule has 108 valence electrons. The topological polar surface area (TPSA) is 9.72 Å². The Morgan fingerprint density at radius 1 is 0.611 bits per heavy atom. The number of likely N-dealkylation sites (N-methyl/N-ethyl adjacent to an activating group) is 1. The van der Waals surface area contributed by atoms with Crippen molar-refractivity contribution < 1.29 is 0 Å². The molecule has 0 aromatic carbocycles. The van der Waals surface area contributed by atoms with Gasteiger partial charge < -0.3 is 14.7 Å². The van der Waals surface area contributed by atoms with Crippen LogP contribution in [0.2, 0.25) is 0 Å². The molecule has 0 aromatic rings. The molecular weight excluding hydrogens is 222 g/mol. The van der Waals surface area contributed by atoms with Crippen LogP contribution in [-0.4, -0.2) is 73.6 Å². The first-order chi connectivity index (χ1) is 8.80. The van der Waals surface area contributed by atoms with Gasteiger partial charge in [0, 0.05) is 26.2 Å². The molecule has 18 heavy (non-hydrogen) atoms. The SMILES string of the molecule is CCCN1CCCN(CCC)CCN(CC)CC1. The summed E-state index contributed by atoms with van der Waals surface area (Å²) >= 11 is 0. The molecule has 1 aliphatic rings. The lowest BCUT2D eigenvalue weighted by molar-refractivity contribution is 0.153. The number of nitrogens with zero attached hydrogens (tertiary/aromatic N) is 3. The van der Waals surface area contributed by atoms with Crippen molar-refractivity contribution in [3.05, 3.63) is 0 Å². The Balaban J connectivity index is 2.47. The minimum absolute atomic E-state index is 1.19. The second-order valence-electron chi connectivity index (χ2n) is 5.47. The van der Waals surface area contributed by atoms with Crippen LogP contribution in [0.4, 0.5) is 0 Å². The van der Waals surface area contributed by atoms with Gasteiger partial charge in [-0.1, -0.05) is 20.8 Å². The summed E-state index contributed by atoms with van der Waals surface area (Å²) in [6.07, 6.45) is 3.90. The Kier molecular flexibility index (Phi) is 8.64. The van der Waals surface area contributed by atoms with Crippen LogP contribution in [0.3, 0.4) is 0 Å². The average molecular weight is 255 g/mol. The van der Waals surface area contributed by atoms with Crippen LogP contribution in [0.1, 0.15) is 40.0 Å². The van der Waals surface area contributed by atoms with E-state index in [0.29, 0.717) is 0 Å². The van der Waals surface area contributed by atoms with E-state index in [1.54, 1.807) is 0 Å². The molecule has 1 fully saturated rings. The average Bonchev–Trinajstić information content (AvgIpc) is 2.38. The first-order valence-electron chi connectivity index (χ1n) is 7.97. The van der Waals surface area contributed by atoms with Gasteiger partial charge in [-0.25, -0.2) is 0 Å². The molecule has 0 bridgehead atoms. The molecule has 1 heterocycles. The largest absolute Gasteiger partial charge is 0.302 e. The van der Waals surface area contributed by atoms with Crippen LogP contribution in [-0.2, 0) is 0 Å². The Bertz CT molecular complexity index is 178. The van der Waals surface area contributed by atoms with Crippen molar-refractivity contribution in [2.45, 2.75) is 40.0 Å². The van der Waals surface area contributed by atoms with Crippen LogP contribution in [0.25, 0.3) is 0 Å². The lowest BCUT2D eigenvalue weighted by atomic mass is 10.2. The molecular formula is C15H33N3. The lowest BCUT2D eigenvalue weighted by Crippen LogP contribution is -2.43. The quantitative estimate of drug-likeness (QED) is 0.745. The Morgan fingerprint density at radius 3 is 1.44 bits per heavy atom. The van der Waals surface area contributed by atoms with Gasteiger partial charge >= 0.3 is 0 Å². The minimum atomic E-state index is 1.19. The van der Waals surface area contributed by atoms with Crippen LogP contribution < -0.4 is 0 Å². The zero-order chi connectivity index (χ0) is 13.2. The van der Waals surface area contributed by atoms with E-state index in [0.717, 1.165) is 0 Å². The van der Waals surface area contributed by atoms with E-state index in [1.807, 2.05) is 0 Å². The fourth-order valence-electron chi connectivity index (χ4n) is 2.81.